The van der Waals surface area contributed by atoms with Gasteiger partial charge in [-0.2, -0.15) is 18.4 Å². The van der Waals surface area contributed by atoms with Gasteiger partial charge in [-0.3, -0.25) is 4.79 Å². The normalized spacial score (nSPS) is 18.1. The van der Waals surface area contributed by atoms with E-state index in [9.17, 15) is 23.2 Å². The predicted molar refractivity (Wildman–Crippen MR) is 127 cm³/mol. The zero-order valence-electron chi connectivity index (χ0n) is 19.4. The topological polar surface area (TPSA) is 78.7 Å². The van der Waals surface area contributed by atoms with Crippen molar-refractivity contribution < 1.29 is 18.0 Å². The first-order valence-electron chi connectivity index (χ1n) is 11.4. The number of nitriles is 1. The molecule has 2 aliphatic rings. The Hall–Kier alpha value is -2.12. The maximum absolute atomic E-state index is 13.5. The summed E-state index contributed by atoms with van der Waals surface area (Å²) in [5, 5.41) is 13.0. The van der Waals surface area contributed by atoms with Gasteiger partial charge in [-0.05, 0) is 61.8 Å². The second-order valence-electron chi connectivity index (χ2n) is 9.95. The van der Waals surface area contributed by atoms with Crippen molar-refractivity contribution in [3.05, 3.63) is 33.0 Å². The second-order valence-corrected chi connectivity index (χ2v) is 12.0. The number of carbonyl (C=O) groups excluding carboxylic acids is 1. The number of alkyl halides is 3. The summed E-state index contributed by atoms with van der Waals surface area (Å²) in [5.41, 5.74) is 1.43. The Morgan fingerprint density at radius 1 is 1.18 bits per heavy atom. The summed E-state index contributed by atoms with van der Waals surface area (Å²) in [6.45, 7) is 6.65. The molecular formula is C24H27F3N4OS2. The van der Waals surface area contributed by atoms with Crippen LogP contribution in [0.15, 0.2) is 5.16 Å². The quantitative estimate of drug-likeness (QED) is 0.394. The summed E-state index contributed by atoms with van der Waals surface area (Å²) in [7, 11) is 0. The third-order valence-corrected chi connectivity index (χ3v) is 8.64. The van der Waals surface area contributed by atoms with Crippen molar-refractivity contribution >= 4 is 34.0 Å². The molecule has 0 bridgehead atoms. The molecule has 2 aromatic rings. The highest BCUT2D eigenvalue weighted by Gasteiger charge is 2.38. The molecule has 0 aliphatic heterocycles. The summed E-state index contributed by atoms with van der Waals surface area (Å²) >= 11 is 2.33. The van der Waals surface area contributed by atoms with Gasteiger partial charge in [-0.25, -0.2) is 9.97 Å². The molecule has 0 fully saturated rings. The average molecular weight is 509 g/mol. The van der Waals surface area contributed by atoms with E-state index in [0.717, 1.165) is 47.9 Å². The van der Waals surface area contributed by atoms with Crippen LogP contribution in [0.2, 0.25) is 0 Å². The average Bonchev–Trinajstić information content (AvgIpc) is 3.11. The first kappa shape index (κ1) is 25.0. The van der Waals surface area contributed by atoms with Crippen molar-refractivity contribution in [3.8, 4) is 6.07 Å². The van der Waals surface area contributed by atoms with Crippen LogP contribution in [0.1, 0.15) is 73.0 Å². The molecule has 0 unspecified atom stereocenters. The number of aromatic nitrogens is 2. The van der Waals surface area contributed by atoms with Crippen LogP contribution in [-0.2, 0) is 36.7 Å². The highest BCUT2D eigenvalue weighted by atomic mass is 32.2. The summed E-state index contributed by atoms with van der Waals surface area (Å²) in [6.07, 6.45) is 0.441. The van der Waals surface area contributed by atoms with Crippen LogP contribution in [-0.4, -0.2) is 21.6 Å². The molecule has 1 N–H and O–H groups in total. The smallest absolute Gasteiger partial charge is 0.316 e. The van der Waals surface area contributed by atoms with Crippen LogP contribution >= 0.6 is 23.1 Å². The van der Waals surface area contributed by atoms with Crippen molar-refractivity contribution in [3.63, 3.8) is 0 Å². The van der Waals surface area contributed by atoms with Gasteiger partial charge >= 0.3 is 6.18 Å². The monoisotopic (exact) mass is 508 g/mol. The van der Waals surface area contributed by atoms with E-state index in [-0.39, 0.29) is 27.8 Å². The fourth-order valence-corrected chi connectivity index (χ4v) is 6.65. The van der Waals surface area contributed by atoms with Gasteiger partial charge in [-0.1, -0.05) is 32.5 Å². The van der Waals surface area contributed by atoms with Gasteiger partial charge in [0.25, 0.3) is 0 Å². The number of amides is 1. The Morgan fingerprint density at radius 2 is 1.91 bits per heavy atom. The van der Waals surface area contributed by atoms with E-state index in [0.29, 0.717) is 41.4 Å². The fourth-order valence-electron chi connectivity index (χ4n) is 4.69. The number of thioether (sulfide) groups is 1. The van der Waals surface area contributed by atoms with E-state index >= 15 is 0 Å². The van der Waals surface area contributed by atoms with E-state index in [1.54, 1.807) is 0 Å². The number of nitrogens with zero attached hydrogens (tertiary/aromatic N) is 3. The minimum absolute atomic E-state index is 0.0397. The number of halogens is 3. The number of hydrogen-bond acceptors (Lipinski definition) is 6. The summed E-state index contributed by atoms with van der Waals surface area (Å²) in [5.74, 6) is -0.00986. The molecule has 182 valence electrons. The number of rotatable bonds is 4. The summed E-state index contributed by atoms with van der Waals surface area (Å²) in [6, 6.07) is 2.23. The number of anilines is 1. The maximum Gasteiger partial charge on any atom is 0.433 e. The zero-order chi connectivity index (χ0) is 24.7. The molecule has 0 saturated carbocycles. The molecule has 4 rings (SSSR count). The molecule has 1 amide bonds. The fraction of sp³-hybridized carbons (Fsp3) is 0.583. The Morgan fingerprint density at radius 3 is 2.59 bits per heavy atom. The van der Waals surface area contributed by atoms with Gasteiger partial charge in [0.1, 0.15) is 11.1 Å². The van der Waals surface area contributed by atoms with Crippen LogP contribution in [0.4, 0.5) is 18.2 Å². The third-order valence-electron chi connectivity index (χ3n) is 6.62. The van der Waals surface area contributed by atoms with Gasteiger partial charge in [0.05, 0.1) is 11.3 Å². The number of fused-ring (bicyclic) bond motifs is 2. The largest absolute Gasteiger partial charge is 0.433 e. The standard InChI is InChI=1S/C24H27F3N4OS2/c1-23(2,3)13-8-9-14-16(11-28)21(34-18(14)10-13)30-19(32)12-33-22-29-17-7-5-4-6-15(17)20(31-22)24(25,26)27/h13H,4-10,12H2,1-3H3,(H,30,32)/t13-/m0/s1. The zero-order valence-corrected chi connectivity index (χ0v) is 21.1. The van der Waals surface area contributed by atoms with Gasteiger partial charge < -0.3 is 5.32 Å². The van der Waals surface area contributed by atoms with Crippen LogP contribution in [0.3, 0.4) is 0 Å². The number of nitrogens with one attached hydrogen (secondary N) is 1. The second kappa shape index (κ2) is 9.50. The summed E-state index contributed by atoms with van der Waals surface area (Å²) in [4.78, 5) is 21.8. The van der Waals surface area contributed by atoms with E-state index in [2.05, 4.69) is 42.1 Å². The predicted octanol–water partition coefficient (Wildman–Crippen LogP) is 6.19. The number of aryl methyl sites for hydroxylation is 1. The Labute approximate surface area is 205 Å². The third kappa shape index (κ3) is 5.25. The lowest BCUT2D eigenvalue weighted by molar-refractivity contribution is -0.142. The van der Waals surface area contributed by atoms with Gasteiger partial charge in [0.15, 0.2) is 10.9 Å². The lowest BCUT2D eigenvalue weighted by Crippen LogP contribution is -2.26. The Bertz CT molecular complexity index is 1150. The number of carbonyl (C=O) groups is 1. The van der Waals surface area contributed by atoms with Crippen LogP contribution in [0.25, 0.3) is 0 Å². The lowest BCUT2D eigenvalue weighted by Gasteiger charge is -2.33. The maximum atomic E-state index is 13.5. The molecular weight excluding hydrogens is 481 g/mol. The lowest BCUT2D eigenvalue weighted by atomic mass is 9.72. The highest BCUT2D eigenvalue weighted by molar-refractivity contribution is 7.99. The van der Waals surface area contributed by atoms with Crippen molar-refractivity contribution in [1.29, 1.82) is 5.26 Å². The first-order valence-corrected chi connectivity index (χ1v) is 13.2. The number of hydrogen-bond donors (Lipinski definition) is 1. The molecule has 0 aromatic carbocycles. The molecule has 10 heteroatoms. The van der Waals surface area contributed by atoms with E-state index in [4.69, 9.17) is 0 Å². The molecule has 0 radical (unpaired) electrons. The van der Waals surface area contributed by atoms with Crippen molar-refractivity contribution in [2.45, 2.75) is 77.0 Å². The van der Waals surface area contributed by atoms with Crippen molar-refractivity contribution in [2.75, 3.05) is 11.1 Å². The van der Waals surface area contributed by atoms with Crippen molar-refractivity contribution in [2.24, 2.45) is 11.3 Å². The Kier molecular flexibility index (Phi) is 6.98. The molecule has 5 nitrogen and oxygen atoms in total. The molecule has 2 aliphatic carbocycles. The SMILES string of the molecule is CC(C)(C)[C@H]1CCc2c(sc(NC(=O)CSc3nc4c(c(C(F)(F)F)n3)CCCC4)c2C#N)C1. The van der Waals surface area contributed by atoms with Crippen molar-refractivity contribution in [1.82, 2.24) is 9.97 Å². The Balaban J connectivity index is 1.47. The highest BCUT2D eigenvalue weighted by Crippen LogP contribution is 2.44. The van der Waals surface area contributed by atoms with Crippen LogP contribution in [0.5, 0.6) is 0 Å². The van der Waals surface area contributed by atoms with Gasteiger partial charge in [-0.15, -0.1) is 11.3 Å². The molecule has 2 heterocycles. The molecule has 0 saturated heterocycles. The van der Waals surface area contributed by atoms with Gasteiger partial charge in [0.2, 0.25) is 5.91 Å². The molecule has 2 aromatic heterocycles. The van der Waals surface area contributed by atoms with E-state index < -0.39 is 11.9 Å². The van der Waals surface area contributed by atoms with Crippen LogP contribution in [0, 0.1) is 22.7 Å². The number of thiophene rings is 1. The first-order chi connectivity index (χ1) is 16.0. The van der Waals surface area contributed by atoms with Crippen LogP contribution < -0.4 is 5.32 Å². The molecule has 1 atom stereocenters. The summed E-state index contributed by atoms with van der Waals surface area (Å²) < 4.78 is 40.6. The molecule has 0 spiro atoms. The minimum atomic E-state index is -4.55. The van der Waals surface area contributed by atoms with E-state index in [1.807, 2.05) is 0 Å². The minimum Gasteiger partial charge on any atom is -0.316 e. The van der Waals surface area contributed by atoms with Gasteiger partial charge in [0, 0.05) is 16.1 Å². The van der Waals surface area contributed by atoms with E-state index in [1.165, 1.54) is 11.3 Å². The molecule has 34 heavy (non-hydrogen) atoms.